The zero-order valence-corrected chi connectivity index (χ0v) is 12.7. The molecule has 1 aliphatic rings. The molecule has 19 heavy (non-hydrogen) atoms. The highest BCUT2D eigenvalue weighted by Crippen LogP contribution is 2.19. The van der Waals surface area contributed by atoms with Crippen LogP contribution in [0.1, 0.15) is 26.7 Å². The zero-order valence-electron chi connectivity index (χ0n) is 12.7. The summed E-state index contributed by atoms with van der Waals surface area (Å²) in [5.74, 6) is -0.118. The molecular weight excluding hydrogens is 242 g/mol. The van der Waals surface area contributed by atoms with Gasteiger partial charge in [-0.15, -0.1) is 0 Å². The Morgan fingerprint density at radius 1 is 1.16 bits per heavy atom. The summed E-state index contributed by atoms with van der Waals surface area (Å²) in [6.07, 6.45) is 1.64. The van der Waals surface area contributed by atoms with E-state index >= 15 is 0 Å². The molecule has 5 heteroatoms. The number of hydrogen-bond donors (Lipinski definition) is 1. The lowest BCUT2D eigenvalue weighted by Gasteiger charge is -2.36. The fourth-order valence-corrected chi connectivity index (χ4v) is 2.15. The highest BCUT2D eigenvalue weighted by Gasteiger charge is 2.21. The van der Waals surface area contributed by atoms with E-state index in [4.69, 9.17) is 5.73 Å². The van der Waals surface area contributed by atoms with E-state index in [0.29, 0.717) is 6.42 Å². The van der Waals surface area contributed by atoms with E-state index in [2.05, 4.69) is 28.4 Å². The highest BCUT2D eigenvalue weighted by molar-refractivity contribution is 5.69. The van der Waals surface area contributed by atoms with Gasteiger partial charge in [-0.3, -0.25) is 4.79 Å². The molecule has 0 unspecified atom stereocenters. The number of hydrogen-bond acceptors (Lipinski definition) is 5. The Balaban J connectivity index is 2.17. The molecule has 112 valence electrons. The van der Waals surface area contributed by atoms with Gasteiger partial charge >= 0.3 is 5.97 Å². The van der Waals surface area contributed by atoms with Gasteiger partial charge in [-0.1, -0.05) is 13.8 Å². The van der Waals surface area contributed by atoms with Crippen LogP contribution < -0.4 is 5.73 Å². The number of nitrogens with zero attached hydrogens (tertiary/aromatic N) is 2. The molecule has 0 bridgehead atoms. The van der Waals surface area contributed by atoms with Crippen LogP contribution in [-0.2, 0) is 9.53 Å². The smallest absolute Gasteiger partial charge is 0.306 e. The van der Waals surface area contributed by atoms with Crippen molar-refractivity contribution in [1.82, 2.24) is 9.80 Å². The maximum absolute atomic E-state index is 11.1. The Labute approximate surface area is 117 Å². The molecule has 0 aromatic heterocycles. The first-order valence-corrected chi connectivity index (χ1v) is 7.18. The molecule has 0 aromatic rings. The van der Waals surface area contributed by atoms with Crippen molar-refractivity contribution in [1.29, 1.82) is 0 Å². The summed E-state index contributed by atoms with van der Waals surface area (Å²) in [4.78, 5) is 15.9. The van der Waals surface area contributed by atoms with Crippen LogP contribution in [-0.4, -0.2) is 68.7 Å². The molecule has 0 spiro atoms. The van der Waals surface area contributed by atoms with Crippen LogP contribution in [0.2, 0.25) is 0 Å². The number of carbonyl (C=O) groups is 1. The molecule has 0 saturated carbocycles. The van der Waals surface area contributed by atoms with E-state index < -0.39 is 0 Å². The first-order chi connectivity index (χ1) is 8.96. The van der Waals surface area contributed by atoms with Gasteiger partial charge in [0.05, 0.1) is 13.5 Å². The summed E-state index contributed by atoms with van der Waals surface area (Å²) >= 11 is 0. The monoisotopic (exact) mass is 271 g/mol. The molecule has 0 amide bonds. The van der Waals surface area contributed by atoms with Gasteiger partial charge in [-0.05, 0) is 24.9 Å². The lowest BCUT2D eigenvalue weighted by Crippen LogP contribution is -2.47. The Kier molecular flexibility index (Phi) is 6.75. The molecule has 5 nitrogen and oxygen atoms in total. The minimum absolute atomic E-state index is 0.118. The van der Waals surface area contributed by atoms with E-state index in [1.165, 1.54) is 7.11 Å². The number of ether oxygens (including phenoxy) is 1. The molecule has 1 aliphatic heterocycles. The van der Waals surface area contributed by atoms with E-state index in [0.717, 1.165) is 52.2 Å². The third-order valence-electron chi connectivity index (χ3n) is 3.98. The second-order valence-electron chi connectivity index (χ2n) is 6.13. The predicted molar refractivity (Wildman–Crippen MR) is 77.0 cm³/mol. The van der Waals surface area contributed by atoms with E-state index in [1.807, 2.05) is 0 Å². The van der Waals surface area contributed by atoms with E-state index in [1.54, 1.807) is 0 Å². The first kappa shape index (κ1) is 16.4. The third kappa shape index (κ3) is 6.36. The largest absolute Gasteiger partial charge is 0.469 e. The average molecular weight is 271 g/mol. The summed E-state index contributed by atoms with van der Waals surface area (Å²) in [5.41, 5.74) is 5.99. The topological polar surface area (TPSA) is 58.8 Å². The van der Waals surface area contributed by atoms with Crippen LogP contribution in [0.5, 0.6) is 0 Å². The third-order valence-corrected chi connectivity index (χ3v) is 3.98. The van der Waals surface area contributed by atoms with Crippen molar-refractivity contribution in [2.24, 2.45) is 11.1 Å². The second-order valence-corrected chi connectivity index (χ2v) is 6.13. The molecule has 1 heterocycles. The minimum Gasteiger partial charge on any atom is -0.469 e. The number of nitrogens with two attached hydrogens (primary N) is 1. The fourth-order valence-electron chi connectivity index (χ4n) is 2.15. The Morgan fingerprint density at radius 2 is 1.68 bits per heavy atom. The van der Waals surface area contributed by atoms with Gasteiger partial charge in [0.25, 0.3) is 0 Å². The highest BCUT2D eigenvalue weighted by atomic mass is 16.5. The van der Waals surface area contributed by atoms with Gasteiger partial charge < -0.3 is 20.3 Å². The number of rotatable bonds is 7. The summed E-state index contributed by atoms with van der Waals surface area (Å²) in [7, 11) is 1.44. The standard InChI is InChI=1S/C14H29N3O2/c1-14(2,12-15)5-7-17-10-8-16(9-11-17)6-4-13(18)19-3/h4-12,15H2,1-3H3. The fraction of sp³-hybridized carbons (Fsp3) is 0.929. The van der Waals surface area contributed by atoms with Crippen molar-refractivity contribution in [2.45, 2.75) is 26.7 Å². The molecule has 0 aliphatic carbocycles. The van der Waals surface area contributed by atoms with Crippen LogP contribution in [0.25, 0.3) is 0 Å². The van der Waals surface area contributed by atoms with Gasteiger partial charge in [-0.25, -0.2) is 0 Å². The summed E-state index contributed by atoms with van der Waals surface area (Å²) < 4.78 is 4.66. The Bertz CT molecular complexity index is 274. The van der Waals surface area contributed by atoms with E-state index in [-0.39, 0.29) is 11.4 Å². The second kappa shape index (κ2) is 7.82. The van der Waals surface area contributed by atoms with Gasteiger partial charge in [0.1, 0.15) is 0 Å². The molecular formula is C14H29N3O2. The van der Waals surface area contributed by atoms with Crippen molar-refractivity contribution < 1.29 is 9.53 Å². The van der Waals surface area contributed by atoms with Crippen molar-refractivity contribution in [2.75, 3.05) is 52.9 Å². The van der Waals surface area contributed by atoms with Crippen molar-refractivity contribution >= 4 is 5.97 Å². The zero-order chi connectivity index (χ0) is 14.3. The maximum atomic E-state index is 11.1. The van der Waals surface area contributed by atoms with Crippen molar-refractivity contribution in [3.63, 3.8) is 0 Å². The van der Waals surface area contributed by atoms with Crippen molar-refractivity contribution in [3.8, 4) is 0 Å². The van der Waals surface area contributed by atoms with Crippen LogP contribution in [0.3, 0.4) is 0 Å². The van der Waals surface area contributed by atoms with Crippen LogP contribution in [0.4, 0.5) is 0 Å². The lowest BCUT2D eigenvalue weighted by atomic mass is 9.89. The number of methoxy groups -OCH3 is 1. The summed E-state index contributed by atoms with van der Waals surface area (Å²) in [5, 5.41) is 0. The molecule has 0 radical (unpaired) electrons. The normalized spacial score (nSPS) is 18.5. The Morgan fingerprint density at radius 3 is 2.16 bits per heavy atom. The summed E-state index contributed by atoms with van der Waals surface area (Å²) in [6.45, 7) is 11.4. The molecule has 1 saturated heterocycles. The van der Waals surface area contributed by atoms with Gasteiger partial charge in [0.15, 0.2) is 0 Å². The van der Waals surface area contributed by atoms with Crippen molar-refractivity contribution in [3.05, 3.63) is 0 Å². The molecule has 0 aromatic carbocycles. The van der Waals surface area contributed by atoms with E-state index in [9.17, 15) is 4.79 Å². The van der Waals surface area contributed by atoms with Gasteiger partial charge in [-0.2, -0.15) is 0 Å². The van der Waals surface area contributed by atoms with Crippen LogP contribution in [0.15, 0.2) is 0 Å². The lowest BCUT2D eigenvalue weighted by molar-refractivity contribution is -0.141. The SMILES string of the molecule is COC(=O)CCN1CCN(CCC(C)(C)CN)CC1. The van der Waals surface area contributed by atoms with Crippen LogP contribution in [0, 0.1) is 5.41 Å². The Hall–Kier alpha value is -0.650. The quantitative estimate of drug-likeness (QED) is 0.685. The molecule has 2 N–H and O–H groups in total. The van der Waals surface area contributed by atoms with Crippen LogP contribution >= 0.6 is 0 Å². The average Bonchev–Trinajstić information content (AvgIpc) is 2.43. The minimum atomic E-state index is -0.118. The summed E-state index contributed by atoms with van der Waals surface area (Å²) in [6, 6.07) is 0. The molecule has 0 atom stereocenters. The number of esters is 1. The number of piperazine rings is 1. The molecule has 1 rings (SSSR count). The van der Waals surface area contributed by atoms with Gasteiger partial charge in [0.2, 0.25) is 0 Å². The first-order valence-electron chi connectivity index (χ1n) is 7.18. The van der Waals surface area contributed by atoms with Gasteiger partial charge in [0, 0.05) is 32.7 Å². The predicted octanol–water partition coefficient (Wildman–Crippen LogP) is 0.542. The molecule has 1 fully saturated rings. The number of carbonyl (C=O) groups excluding carboxylic acids is 1. The maximum Gasteiger partial charge on any atom is 0.306 e.